The number of benzene rings is 1. The van der Waals surface area contributed by atoms with E-state index < -0.39 is 0 Å². The van der Waals surface area contributed by atoms with Gasteiger partial charge in [-0.15, -0.1) is 0 Å². The van der Waals surface area contributed by atoms with Gasteiger partial charge in [0.15, 0.2) is 11.6 Å². The van der Waals surface area contributed by atoms with Gasteiger partial charge < -0.3 is 10.6 Å². The van der Waals surface area contributed by atoms with Crippen molar-refractivity contribution >= 4 is 17.6 Å². The fraction of sp³-hybridized carbons (Fsp3) is 0.105. The van der Waals surface area contributed by atoms with Gasteiger partial charge in [-0.2, -0.15) is 5.10 Å². The number of hydrogen-bond acceptors (Lipinski definition) is 7. The standard InChI is InChI=1S/C19H18N8/c1-13-9-17(27-26-13)24-16-7-8-20-18(25-16)15-11-22-19(23-12-15)21-10-14-5-3-2-4-6-14/h2-9,11-12H,10H2,1H3,(H,21,22,23)(H2,20,24,25,26,27). The Kier molecular flexibility index (Phi) is 4.69. The second kappa shape index (κ2) is 7.61. The van der Waals surface area contributed by atoms with Gasteiger partial charge >= 0.3 is 0 Å². The predicted octanol–water partition coefficient (Wildman–Crippen LogP) is 3.32. The molecule has 3 aromatic heterocycles. The largest absolute Gasteiger partial charge is 0.350 e. The van der Waals surface area contributed by atoms with Gasteiger partial charge in [0.05, 0.1) is 5.56 Å². The van der Waals surface area contributed by atoms with Crippen LogP contribution in [-0.4, -0.2) is 30.1 Å². The normalized spacial score (nSPS) is 10.6. The molecule has 27 heavy (non-hydrogen) atoms. The van der Waals surface area contributed by atoms with E-state index in [-0.39, 0.29) is 0 Å². The lowest BCUT2D eigenvalue weighted by Crippen LogP contribution is -2.03. The summed E-state index contributed by atoms with van der Waals surface area (Å²) in [5.41, 5.74) is 2.88. The van der Waals surface area contributed by atoms with Crippen molar-refractivity contribution in [2.75, 3.05) is 10.6 Å². The number of rotatable bonds is 6. The zero-order valence-electron chi connectivity index (χ0n) is 14.7. The number of aromatic amines is 1. The predicted molar refractivity (Wildman–Crippen MR) is 103 cm³/mol. The second-order valence-electron chi connectivity index (χ2n) is 5.96. The number of nitrogens with zero attached hydrogens (tertiary/aromatic N) is 5. The molecule has 0 spiro atoms. The van der Waals surface area contributed by atoms with E-state index in [1.165, 1.54) is 5.56 Å². The summed E-state index contributed by atoms with van der Waals surface area (Å²) in [6.45, 7) is 2.60. The molecule has 8 heteroatoms. The van der Waals surface area contributed by atoms with Crippen molar-refractivity contribution in [3.05, 3.63) is 72.3 Å². The summed E-state index contributed by atoms with van der Waals surface area (Å²) in [6.07, 6.45) is 5.10. The number of aromatic nitrogens is 6. The van der Waals surface area contributed by atoms with Gasteiger partial charge in [0, 0.05) is 36.9 Å². The van der Waals surface area contributed by atoms with Crippen molar-refractivity contribution in [2.45, 2.75) is 13.5 Å². The van der Waals surface area contributed by atoms with Crippen molar-refractivity contribution in [2.24, 2.45) is 0 Å². The lowest BCUT2D eigenvalue weighted by molar-refractivity contribution is 1.04. The topological polar surface area (TPSA) is 104 Å². The molecular weight excluding hydrogens is 340 g/mol. The van der Waals surface area contributed by atoms with Crippen molar-refractivity contribution in [3.8, 4) is 11.4 Å². The molecule has 0 unspecified atom stereocenters. The van der Waals surface area contributed by atoms with Crippen LogP contribution in [-0.2, 0) is 6.54 Å². The van der Waals surface area contributed by atoms with Gasteiger partial charge in [-0.1, -0.05) is 30.3 Å². The van der Waals surface area contributed by atoms with Gasteiger partial charge in [-0.05, 0) is 18.6 Å². The second-order valence-corrected chi connectivity index (χ2v) is 5.96. The molecule has 0 radical (unpaired) electrons. The van der Waals surface area contributed by atoms with Crippen molar-refractivity contribution in [1.82, 2.24) is 30.1 Å². The Morgan fingerprint density at radius 2 is 1.78 bits per heavy atom. The number of H-pyrrole nitrogens is 1. The van der Waals surface area contributed by atoms with Crippen LogP contribution in [0.25, 0.3) is 11.4 Å². The van der Waals surface area contributed by atoms with Crippen LogP contribution in [0, 0.1) is 6.92 Å². The molecular formula is C19H18N8. The molecule has 0 atom stereocenters. The number of nitrogens with one attached hydrogen (secondary N) is 3. The maximum absolute atomic E-state index is 4.49. The van der Waals surface area contributed by atoms with Crippen LogP contribution in [0.4, 0.5) is 17.6 Å². The van der Waals surface area contributed by atoms with E-state index in [2.05, 4.69) is 52.9 Å². The third-order valence-electron chi connectivity index (χ3n) is 3.82. The number of hydrogen-bond donors (Lipinski definition) is 3. The zero-order valence-corrected chi connectivity index (χ0v) is 14.7. The summed E-state index contributed by atoms with van der Waals surface area (Å²) in [7, 11) is 0. The zero-order chi connectivity index (χ0) is 18.5. The highest BCUT2D eigenvalue weighted by molar-refractivity contribution is 5.58. The van der Waals surface area contributed by atoms with Gasteiger partial charge in [0.2, 0.25) is 5.95 Å². The summed E-state index contributed by atoms with van der Waals surface area (Å²) in [5, 5.41) is 13.4. The van der Waals surface area contributed by atoms with Crippen LogP contribution in [0.15, 0.2) is 61.1 Å². The molecule has 0 amide bonds. The minimum atomic E-state index is 0.543. The summed E-state index contributed by atoms with van der Waals surface area (Å²) < 4.78 is 0. The molecule has 0 aliphatic rings. The number of anilines is 3. The highest BCUT2D eigenvalue weighted by Gasteiger charge is 2.06. The highest BCUT2D eigenvalue weighted by Crippen LogP contribution is 2.18. The molecule has 134 valence electrons. The summed E-state index contributed by atoms with van der Waals surface area (Å²) in [4.78, 5) is 17.5. The summed E-state index contributed by atoms with van der Waals surface area (Å²) in [5.74, 6) is 2.46. The van der Waals surface area contributed by atoms with E-state index >= 15 is 0 Å². The van der Waals surface area contributed by atoms with E-state index in [0.717, 1.165) is 11.3 Å². The third kappa shape index (κ3) is 4.24. The molecule has 0 aliphatic carbocycles. The smallest absolute Gasteiger partial charge is 0.222 e. The van der Waals surface area contributed by atoms with Crippen LogP contribution >= 0.6 is 0 Å². The number of aryl methyl sites for hydroxylation is 1. The average molecular weight is 358 g/mol. The molecule has 3 N–H and O–H groups in total. The Hall–Kier alpha value is -3.81. The maximum atomic E-state index is 4.49. The average Bonchev–Trinajstić information content (AvgIpc) is 3.12. The van der Waals surface area contributed by atoms with Crippen molar-refractivity contribution in [1.29, 1.82) is 0 Å². The van der Waals surface area contributed by atoms with E-state index in [4.69, 9.17) is 0 Å². The van der Waals surface area contributed by atoms with Crippen LogP contribution < -0.4 is 10.6 Å². The molecule has 0 bridgehead atoms. The first-order valence-corrected chi connectivity index (χ1v) is 8.48. The van der Waals surface area contributed by atoms with Crippen LogP contribution in [0.3, 0.4) is 0 Å². The van der Waals surface area contributed by atoms with Gasteiger partial charge in [0.1, 0.15) is 5.82 Å². The molecule has 0 saturated carbocycles. The fourth-order valence-corrected chi connectivity index (χ4v) is 2.49. The monoisotopic (exact) mass is 358 g/mol. The molecule has 0 fully saturated rings. The first-order chi connectivity index (χ1) is 13.3. The van der Waals surface area contributed by atoms with Crippen molar-refractivity contribution in [3.63, 3.8) is 0 Å². The minimum Gasteiger partial charge on any atom is -0.350 e. The first-order valence-electron chi connectivity index (χ1n) is 8.48. The van der Waals surface area contributed by atoms with E-state index in [1.54, 1.807) is 24.7 Å². The van der Waals surface area contributed by atoms with E-state index in [0.29, 0.717) is 30.0 Å². The Balaban J connectivity index is 1.44. The van der Waals surface area contributed by atoms with Gasteiger partial charge in [-0.25, -0.2) is 19.9 Å². The lowest BCUT2D eigenvalue weighted by Gasteiger charge is -2.06. The SMILES string of the molecule is Cc1cc(Nc2ccnc(-c3cnc(NCc4ccccc4)nc3)n2)n[nH]1. The first kappa shape index (κ1) is 16.6. The van der Waals surface area contributed by atoms with E-state index in [1.807, 2.05) is 31.2 Å². The van der Waals surface area contributed by atoms with Gasteiger partial charge in [-0.3, -0.25) is 5.10 Å². The molecule has 1 aromatic carbocycles. The quantitative estimate of drug-likeness (QED) is 0.485. The molecule has 0 aliphatic heterocycles. The third-order valence-corrected chi connectivity index (χ3v) is 3.82. The van der Waals surface area contributed by atoms with Crippen LogP contribution in [0.2, 0.25) is 0 Å². The highest BCUT2D eigenvalue weighted by atomic mass is 15.2. The molecule has 0 saturated heterocycles. The van der Waals surface area contributed by atoms with Crippen LogP contribution in [0.5, 0.6) is 0 Å². The van der Waals surface area contributed by atoms with Crippen molar-refractivity contribution < 1.29 is 0 Å². The Morgan fingerprint density at radius 3 is 2.52 bits per heavy atom. The van der Waals surface area contributed by atoms with Crippen LogP contribution in [0.1, 0.15) is 11.3 Å². The summed E-state index contributed by atoms with van der Waals surface area (Å²) >= 11 is 0. The fourth-order valence-electron chi connectivity index (χ4n) is 2.49. The maximum Gasteiger partial charge on any atom is 0.222 e. The minimum absolute atomic E-state index is 0.543. The Labute approximate surface area is 156 Å². The molecule has 8 nitrogen and oxygen atoms in total. The molecule has 4 rings (SSSR count). The summed E-state index contributed by atoms with van der Waals surface area (Å²) in [6, 6.07) is 13.8. The Bertz CT molecular complexity index is 1010. The van der Waals surface area contributed by atoms with Gasteiger partial charge in [0.25, 0.3) is 0 Å². The molecule has 4 aromatic rings. The van der Waals surface area contributed by atoms with E-state index in [9.17, 15) is 0 Å². The Morgan fingerprint density at radius 1 is 0.963 bits per heavy atom. The molecule has 3 heterocycles. The lowest BCUT2D eigenvalue weighted by atomic mass is 10.2.